The van der Waals surface area contributed by atoms with Crippen LogP contribution in [0.4, 0.5) is 5.69 Å². The van der Waals surface area contributed by atoms with Crippen LogP contribution in [-0.2, 0) is 13.5 Å². The van der Waals surface area contributed by atoms with E-state index in [0.29, 0.717) is 17.3 Å². The van der Waals surface area contributed by atoms with Gasteiger partial charge in [0.15, 0.2) is 5.82 Å². The summed E-state index contributed by atoms with van der Waals surface area (Å²) in [5.74, 6) is 1.20. The van der Waals surface area contributed by atoms with Gasteiger partial charge in [-0.3, -0.25) is 0 Å². The lowest BCUT2D eigenvalue weighted by Gasteiger charge is -1.99. The Morgan fingerprint density at radius 2 is 1.90 bits per heavy atom. The molecule has 0 spiro atoms. The van der Waals surface area contributed by atoms with Crippen LogP contribution in [0.5, 0.6) is 0 Å². The van der Waals surface area contributed by atoms with Gasteiger partial charge in [0.1, 0.15) is 5.69 Å². The fourth-order valence-corrected chi connectivity index (χ4v) is 2.09. The zero-order valence-corrected chi connectivity index (χ0v) is 11.4. The van der Waals surface area contributed by atoms with Crippen LogP contribution in [-0.4, -0.2) is 30.0 Å². The van der Waals surface area contributed by atoms with E-state index in [1.54, 1.807) is 4.68 Å². The van der Waals surface area contributed by atoms with Gasteiger partial charge in [0, 0.05) is 12.6 Å². The molecule has 0 atom stereocenters. The van der Waals surface area contributed by atoms with Gasteiger partial charge in [-0.05, 0) is 11.6 Å². The van der Waals surface area contributed by atoms with Gasteiger partial charge in [-0.1, -0.05) is 37.3 Å². The molecular weight excluding hydrogens is 254 g/mol. The first-order chi connectivity index (χ1) is 9.70. The van der Waals surface area contributed by atoms with Gasteiger partial charge in [0.25, 0.3) is 0 Å². The van der Waals surface area contributed by atoms with Gasteiger partial charge >= 0.3 is 0 Å². The molecule has 0 saturated heterocycles. The van der Waals surface area contributed by atoms with Gasteiger partial charge in [0.2, 0.25) is 5.82 Å². The van der Waals surface area contributed by atoms with Crippen molar-refractivity contribution in [1.82, 2.24) is 30.0 Å². The number of nitrogens with two attached hydrogens (primary N) is 1. The molecule has 0 fully saturated rings. The lowest BCUT2D eigenvalue weighted by Crippen LogP contribution is -2.08. The van der Waals surface area contributed by atoms with Gasteiger partial charge in [-0.15, -0.1) is 15.0 Å². The minimum Gasteiger partial charge on any atom is -0.394 e. The highest BCUT2D eigenvalue weighted by atomic mass is 15.6. The molecular formula is C13H15N7. The molecule has 1 aromatic carbocycles. The fourth-order valence-electron chi connectivity index (χ4n) is 2.09. The maximum absolute atomic E-state index is 6.08. The molecule has 2 N–H and O–H groups in total. The maximum atomic E-state index is 6.08. The summed E-state index contributed by atoms with van der Waals surface area (Å²) in [5, 5.41) is 16.9. The third kappa shape index (κ3) is 1.93. The first-order valence-electron chi connectivity index (χ1n) is 6.38. The number of benzene rings is 1. The average Bonchev–Trinajstić information content (AvgIpc) is 3.04. The smallest absolute Gasteiger partial charge is 0.205 e. The number of hydrogen-bond donors (Lipinski definition) is 1. The second kappa shape index (κ2) is 4.76. The van der Waals surface area contributed by atoms with Crippen molar-refractivity contribution in [2.45, 2.75) is 13.3 Å². The van der Waals surface area contributed by atoms with E-state index in [-0.39, 0.29) is 0 Å². The molecule has 0 saturated carbocycles. The summed E-state index contributed by atoms with van der Waals surface area (Å²) >= 11 is 0. The highest BCUT2D eigenvalue weighted by Crippen LogP contribution is 2.21. The predicted octanol–water partition coefficient (Wildman–Crippen LogP) is 1.21. The van der Waals surface area contributed by atoms with Crippen LogP contribution in [0.3, 0.4) is 0 Å². The van der Waals surface area contributed by atoms with Crippen LogP contribution in [0.15, 0.2) is 30.3 Å². The molecule has 20 heavy (non-hydrogen) atoms. The largest absolute Gasteiger partial charge is 0.394 e. The molecule has 7 heteroatoms. The van der Waals surface area contributed by atoms with Crippen LogP contribution in [0.25, 0.3) is 17.2 Å². The second-order valence-corrected chi connectivity index (χ2v) is 4.43. The monoisotopic (exact) mass is 269 g/mol. The molecule has 2 heterocycles. The van der Waals surface area contributed by atoms with Crippen molar-refractivity contribution in [3.8, 4) is 17.2 Å². The quantitative estimate of drug-likeness (QED) is 0.772. The molecule has 0 aliphatic carbocycles. The number of anilines is 1. The van der Waals surface area contributed by atoms with Crippen LogP contribution in [0, 0.1) is 0 Å². The van der Waals surface area contributed by atoms with Crippen molar-refractivity contribution < 1.29 is 0 Å². The summed E-state index contributed by atoms with van der Waals surface area (Å²) in [7, 11) is 1.82. The van der Waals surface area contributed by atoms with Crippen molar-refractivity contribution in [2.75, 3.05) is 5.73 Å². The lowest BCUT2D eigenvalue weighted by molar-refractivity contribution is 0.632. The Kier molecular flexibility index (Phi) is 2.94. The van der Waals surface area contributed by atoms with E-state index in [2.05, 4.69) is 20.5 Å². The standard InChI is InChI=1S/C13H15N7/c1-3-10-11(14)13(19(2)16-10)20-17-12(15-18-20)9-7-5-4-6-8-9/h4-8H,3,14H2,1-2H3. The van der Waals surface area contributed by atoms with Crippen molar-refractivity contribution in [3.63, 3.8) is 0 Å². The van der Waals surface area contributed by atoms with Crippen molar-refractivity contribution >= 4 is 5.69 Å². The molecule has 0 unspecified atom stereocenters. The number of tetrazole rings is 1. The van der Waals surface area contributed by atoms with E-state index in [1.165, 1.54) is 4.80 Å². The number of aromatic nitrogens is 6. The predicted molar refractivity (Wildman–Crippen MR) is 75.1 cm³/mol. The fraction of sp³-hybridized carbons (Fsp3) is 0.231. The molecule has 3 aromatic rings. The van der Waals surface area contributed by atoms with E-state index < -0.39 is 0 Å². The van der Waals surface area contributed by atoms with Crippen LogP contribution in [0.2, 0.25) is 0 Å². The molecule has 0 aliphatic rings. The minimum absolute atomic E-state index is 0.559. The summed E-state index contributed by atoms with van der Waals surface area (Å²) in [4.78, 5) is 1.42. The first-order valence-corrected chi connectivity index (χ1v) is 6.38. The van der Waals surface area contributed by atoms with Gasteiger partial charge < -0.3 is 5.73 Å². The van der Waals surface area contributed by atoms with Crippen molar-refractivity contribution in [1.29, 1.82) is 0 Å². The van der Waals surface area contributed by atoms with E-state index in [1.807, 2.05) is 44.3 Å². The highest BCUT2D eigenvalue weighted by Gasteiger charge is 2.17. The van der Waals surface area contributed by atoms with Crippen LogP contribution < -0.4 is 5.73 Å². The molecule has 0 aliphatic heterocycles. The molecule has 102 valence electrons. The van der Waals surface area contributed by atoms with Crippen LogP contribution >= 0.6 is 0 Å². The first kappa shape index (κ1) is 12.3. The van der Waals surface area contributed by atoms with Crippen LogP contribution in [0.1, 0.15) is 12.6 Å². The summed E-state index contributed by atoms with van der Waals surface area (Å²) in [6.07, 6.45) is 0.764. The van der Waals surface area contributed by atoms with Crippen molar-refractivity contribution in [2.24, 2.45) is 7.05 Å². The third-order valence-electron chi connectivity index (χ3n) is 3.10. The molecule has 0 amide bonds. The number of hydrogen-bond acceptors (Lipinski definition) is 5. The topological polar surface area (TPSA) is 87.4 Å². The zero-order chi connectivity index (χ0) is 14.1. The lowest BCUT2D eigenvalue weighted by atomic mass is 10.2. The Morgan fingerprint density at radius 1 is 1.15 bits per heavy atom. The Morgan fingerprint density at radius 3 is 2.55 bits per heavy atom. The number of aryl methyl sites for hydroxylation is 2. The third-order valence-corrected chi connectivity index (χ3v) is 3.10. The minimum atomic E-state index is 0.559. The van der Waals surface area contributed by atoms with E-state index >= 15 is 0 Å². The van der Waals surface area contributed by atoms with E-state index in [0.717, 1.165) is 17.7 Å². The summed E-state index contributed by atoms with van der Waals surface area (Å²) in [5.41, 5.74) is 8.42. The summed E-state index contributed by atoms with van der Waals surface area (Å²) in [6.45, 7) is 2.01. The second-order valence-electron chi connectivity index (χ2n) is 4.43. The summed E-state index contributed by atoms with van der Waals surface area (Å²) in [6, 6.07) is 9.69. The van der Waals surface area contributed by atoms with Gasteiger partial charge in [0.05, 0.1) is 5.69 Å². The number of rotatable bonds is 3. The average molecular weight is 269 g/mol. The number of nitrogen functional groups attached to an aromatic ring is 1. The van der Waals surface area contributed by atoms with E-state index in [4.69, 9.17) is 5.73 Å². The molecule has 7 nitrogen and oxygen atoms in total. The zero-order valence-electron chi connectivity index (χ0n) is 11.4. The van der Waals surface area contributed by atoms with Gasteiger partial charge in [-0.25, -0.2) is 4.68 Å². The SMILES string of the molecule is CCc1nn(C)c(-n2nnc(-c3ccccc3)n2)c1N. The Bertz CT molecular complexity index is 727. The Balaban J connectivity index is 2.05. The maximum Gasteiger partial charge on any atom is 0.205 e. The normalized spacial score (nSPS) is 10.9. The van der Waals surface area contributed by atoms with Crippen molar-refractivity contribution in [3.05, 3.63) is 36.0 Å². The van der Waals surface area contributed by atoms with Gasteiger partial charge in [-0.2, -0.15) is 5.10 Å². The molecule has 2 aromatic heterocycles. The van der Waals surface area contributed by atoms with E-state index in [9.17, 15) is 0 Å². The Hall–Kier alpha value is -2.70. The number of nitrogens with zero attached hydrogens (tertiary/aromatic N) is 6. The Labute approximate surface area is 116 Å². The summed E-state index contributed by atoms with van der Waals surface area (Å²) < 4.78 is 1.67. The molecule has 0 bridgehead atoms. The molecule has 0 radical (unpaired) electrons. The highest BCUT2D eigenvalue weighted by molar-refractivity contribution is 5.58. The molecule has 3 rings (SSSR count).